The van der Waals surface area contributed by atoms with E-state index >= 15 is 0 Å². The van der Waals surface area contributed by atoms with Gasteiger partial charge in [-0.1, -0.05) is 6.07 Å². The van der Waals surface area contributed by atoms with E-state index in [1.807, 2.05) is 13.8 Å². The Hall–Kier alpha value is -2.13. The summed E-state index contributed by atoms with van der Waals surface area (Å²) < 4.78 is 27.3. The minimum absolute atomic E-state index is 0.0821. The van der Waals surface area contributed by atoms with Crippen LogP contribution in [0.5, 0.6) is 0 Å². The largest absolute Gasteiger partial charge is 0.480 e. The Morgan fingerprint density at radius 1 is 1.29 bits per heavy atom. The Kier molecular flexibility index (Phi) is 6.73. The van der Waals surface area contributed by atoms with Crippen molar-refractivity contribution in [3.8, 4) is 0 Å². The van der Waals surface area contributed by atoms with Gasteiger partial charge in [-0.05, 0) is 56.4 Å². The second-order valence-electron chi connectivity index (χ2n) is 5.63. The second kappa shape index (κ2) is 8.11. The fraction of sp³-hybridized carbons (Fsp3) is 0.467. The third-order valence-corrected chi connectivity index (χ3v) is 5.49. The summed E-state index contributed by atoms with van der Waals surface area (Å²) in [6.07, 6.45) is 0.434. The van der Waals surface area contributed by atoms with Crippen LogP contribution in [-0.4, -0.2) is 38.0 Å². The maximum absolute atomic E-state index is 12.5. The minimum Gasteiger partial charge on any atom is -0.480 e. The SMILES string of the molecule is Cc1ccc(S(=O)(=O)N[C@@H](CCCNC(=N)N)C(=O)O)c(C)c1C. The molecule has 0 spiro atoms. The molecule has 0 heterocycles. The van der Waals surface area contributed by atoms with Crippen LogP contribution < -0.4 is 15.8 Å². The normalized spacial score (nSPS) is 12.6. The zero-order chi connectivity index (χ0) is 18.5. The maximum Gasteiger partial charge on any atom is 0.321 e. The molecule has 134 valence electrons. The van der Waals surface area contributed by atoms with Crippen molar-refractivity contribution in [2.75, 3.05) is 6.54 Å². The van der Waals surface area contributed by atoms with E-state index in [1.165, 1.54) is 6.07 Å². The topological polar surface area (TPSA) is 145 Å². The zero-order valence-corrected chi connectivity index (χ0v) is 14.8. The van der Waals surface area contributed by atoms with Crippen molar-refractivity contribution in [2.45, 2.75) is 44.6 Å². The lowest BCUT2D eigenvalue weighted by Gasteiger charge is -2.17. The van der Waals surface area contributed by atoms with Crippen molar-refractivity contribution < 1.29 is 18.3 Å². The highest BCUT2D eigenvalue weighted by molar-refractivity contribution is 7.89. The van der Waals surface area contributed by atoms with Crippen LogP contribution in [0.25, 0.3) is 0 Å². The molecular formula is C15H24N4O4S. The number of carboxylic acids is 1. The number of hydrogen-bond donors (Lipinski definition) is 5. The van der Waals surface area contributed by atoms with Crippen LogP contribution in [0.3, 0.4) is 0 Å². The molecule has 1 aromatic carbocycles. The molecule has 0 aromatic heterocycles. The molecule has 0 amide bonds. The Bertz CT molecular complexity index is 731. The van der Waals surface area contributed by atoms with Crippen molar-refractivity contribution in [2.24, 2.45) is 5.73 Å². The van der Waals surface area contributed by atoms with Gasteiger partial charge in [0.15, 0.2) is 5.96 Å². The number of carbonyl (C=O) groups is 1. The quantitative estimate of drug-likeness (QED) is 0.262. The van der Waals surface area contributed by atoms with Gasteiger partial charge in [-0.2, -0.15) is 4.72 Å². The summed E-state index contributed by atoms with van der Waals surface area (Å²) in [4.78, 5) is 11.4. The van der Waals surface area contributed by atoms with E-state index in [0.29, 0.717) is 18.5 Å². The molecule has 1 aromatic rings. The first kappa shape index (κ1) is 19.9. The molecule has 1 atom stereocenters. The molecule has 1 rings (SSSR count). The van der Waals surface area contributed by atoms with Crippen molar-refractivity contribution in [1.82, 2.24) is 10.0 Å². The van der Waals surface area contributed by atoms with E-state index in [1.54, 1.807) is 13.0 Å². The van der Waals surface area contributed by atoms with Crippen LogP contribution in [-0.2, 0) is 14.8 Å². The summed E-state index contributed by atoms with van der Waals surface area (Å²) in [7, 11) is -3.95. The molecular weight excluding hydrogens is 332 g/mol. The Balaban J connectivity index is 2.91. The highest BCUT2D eigenvalue weighted by atomic mass is 32.2. The number of aliphatic carboxylic acids is 1. The summed E-state index contributed by atoms with van der Waals surface area (Å²) >= 11 is 0. The highest BCUT2D eigenvalue weighted by Crippen LogP contribution is 2.21. The molecule has 0 bridgehead atoms. The third kappa shape index (κ3) is 5.20. The predicted octanol–water partition coefficient (Wildman–Crippen LogP) is 0.607. The van der Waals surface area contributed by atoms with Gasteiger partial charge in [0.2, 0.25) is 10.0 Å². The van der Waals surface area contributed by atoms with E-state index in [4.69, 9.17) is 11.1 Å². The third-order valence-electron chi connectivity index (χ3n) is 3.88. The van der Waals surface area contributed by atoms with Gasteiger partial charge in [0.25, 0.3) is 0 Å². The minimum atomic E-state index is -3.95. The number of carboxylic acid groups (broad SMARTS) is 1. The van der Waals surface area contributed by atoms with Gasteiger partial charge in [0.05, 0.1) is 4.90 Å². The number of aryl methyl sites for hydroxylation is 1. The van der Waals surface area contributed by atoms with Crippen LogP contribution in [0.1, 0.15) is 29.5 Å². The molecule has 0 aliphatic heterocycles. The van der Waals surface area contributed by atoms with Crippen LogP contribution in [0.15, 0.2) is 17.0 Å². The van der Waals surface area contributed by atoms with E-state index in [9.17, 15) is 18.3 Å². The fourth-order valence-corrected chi connectivity index (χ4v) is 3.76. The molecule has 24 heavy (non-hydrogen) atoms. The number of nitrogens with two attached hydrogens (primary N) is 1. The first-order chi connectivity index (χ1) is 11.1. The Morgan fingerprint density at radius 2 is 1.92 bits per heavy atom. The molecule has 6 N–H and O–H groups in total. The average molecular weight is 356 g/mol. The average Bonchev–Trinajstić information content (AvgIpc) is 2.47. The van der Waals surface area contributed by atoms with Crippen LogP contribution >= 0.6 is 0 Å². The summed E-state index contributed by atoms with van der Waals surface area (Å²) in [5.41, 5.74) is 7.56. The number of guanidine groups is 1. The van der Waals surface area contributed by atoms with Crippen LogP contribution in [0, 0.1) is 26.2 Å². The smallest absolute Gasteiger partial charge is 0.321 e. The molecule has 0 fully saturated rings. The van der Waals surface area contributed by atoms with Gasteiger partial charge >= 0.3 is 5.97 Å². The maximum atomic E-state index is 12.5. The molecule has 8 nitrogen and oxygen atoms in total. The van der Waals surface area contributed by atoms with Gasteiger partial charge in [-0.15, -0.1) is 0 Å². The van der Waals surface area contributed by atoms with Gasteiger partial charge in [-0.3, -0.25) is 10.2 Å². The molecule has 9 heteroatoms. The molecule has 0 saturated heterocycles. The van der Waals surface area contributed by atoms with Crippen LogP contribution in [0.2, 0.25) is 0 Å². The summed E-state index contributed by atoms with van der Waals surface area (Å²) in [5, 5.41) is 18.8. The zero-order valence-electron chi connectivity index (χ0n) is 14.0. The van der Waals surface area contributed by atoms with Gasteiger partial charge in [-0.25, -0.2) is 8.42 Å². The van der Waals surface area contributed by atoms with E-state index in [2.05, 4.69) is 10.0 Å². The molecule has 0 radical (unpaired) electrons. The lowest BCUT2D eigenvalue weighted by molar-refractivity contribution is -0.139. The van der Waals surface area contributed by atoms with Crippen molar-refractivity contribution in [1.29, 1.82) is 5.41 Å². The Labute approximate surface area is 142 Å². The summed E-state index contributed by atoms with van der Waals surface area (Å²) in [6, 6.07) is 1.93. The summed E-state index contributed by atoms with van der Waals surface area (Å²) in [6.45, 7) is 5.70. The number of rotatable bonds is 8. The predicted molar refractivity (Wildman–Crippen MR) is 91.5 cm³/mol. The van der Waals surface area contributed by atoms with Gasteiger partial charge in [0.1, 0.15) is 6.04 Å². The Morgan fingerprint density at radius 3 is 2.46 bits per heavy atom. The van der Waals surface area contributed by atoms with Crippen LogP contribution in [0.4, 0.5) is 0 Å². The first-order valence-electron chi connectivity index (χ1n) is 7.46. The number of hydrogen-bond acceptors (Lipinski definition) is 4. The highest BCUT2D eigenvalue weighted by Gasteiger charge is 2.26. The van der Waals surface area contributed by atoms with Crippen molar-refractivity contribution in [3.05, 3.63) is 28.8 Å². The van der Waals surface area contributed by atoms with Crippen molar-refractivity contribution >= 4 is 22.0 Å². The number of sulfonamides is 1. The second-order valence-corrected chi connectivity index (χ2v) is 7.31. The molecule has 0 unspecified atom stereocenters. The van der Waals surface area contributed by atoms with E-state index in [0.717, 1.165) is 11.1 Å². The number of nitrogens with one attached hydrogen (secondary N) is 3. The number of benzene rings is 1. The standard InChI is InChI=1S/C15H24N4O4S/c1-9-6-7-13(11(3)10(9)2)24(22,23)19-12(14(20)21)5-4-8-18-15(16)17/h6-7,12,19H,4-5,8H2,1-3H3,(H,20,21)(H4,16,17,18)/t12-/m0/s1. The van der Waals surface area contributed by atoms with Gasteiger partial charge in [0, 0.05) is 6.54 Å². The van der Waals surface area contributed by atoms with E-state index in [-0.39, 0.29) is 17.3 Å². The van der Waals surface area contributed by atoms with Gasteiger partial charge < -0.3 is 16.2 Å². The molecule has 0 aliphatic carbocycles. The summed E-state index contributed by atoms with van der Waals surface area (Å²) in [5.74, 6) is -1.46. The molecule has 0 saturated carbocycles. The lowest BCUT2D eigenvalue weighted by atomic mass is 10.1. The first-order valence-corrected chi connectivity index (χ1v) is 8.94. The van der Waals surface area contributed by atoms with Crippen molar-refractivity contribution in [3.63, 3.8) is 0 Å². The monoisotopic (exact) mass is 356 g/mol. The van der Waals surface area contributed by atoms with E-state index < -0.39 is 22.0 Å². The fourth-order valence-electron chi connectivity index (χ4n) is 2.24. The molecule has 0 aliphatic rings. The lowest BCUT2D eigenvalue weighted by Crippen LogP contribution is -2.41.